The zero-order valence-electron chi connectivity index (χ0n) is 8.02. The van der Waals surface area contributed by atoms with Gasteiger partial charge in [-0.2, -0.15) is 0 Å². The summed E-state index contributed by atoms with van der Waals surface area (Å²) < 4.78 is 13.3. The van der Waals surface area contributed by atoms with Gasteiger partial charge in [0.25, 0.3) is 0 Å². The summed E-state index contributed by atoms with van der Waals surface area (Å²) in [5, 5.41) is 3.32. The van der Waals surface area contributed by atoms with Crippen molar-refractivity contribution < 1.29 is 4.39 Å². The predicted octanol–water partition coefficient (Wildman–Crippen LogP) is 2.34. The van der Waals surface area contributed by atoms with Crippen molar-refractivity contribution in [3.05, 3.63) is 34.6 Å². The summed E-state index contributed by atoms with van der Waals surface area (Å²) in [6.45, 7) is 4.90. The number of rotatable bonds is 0. The van der Waals surface area contributed by atoms with E-state index in [1.165, 1.54) is 5.56 Å². The second kappa shape index (κ2) is 3.11. The first kappa shape index (κ1) is 8.70. The van der Waals surface area contributed by atoms with Crippen LogP contribution in [0, 0.1) is 12.7 Å². The summed E-state index contributed by atoms with van der Waals surface area (Å²) in [5.41, 5.74) is 3.17. The SMILES string of the molecule is Cc1cc2c(cc1F)[C@@H](C)NCC2. The fourth-order valence-electron chi connectivity index (χ4n) is 1.91. The van der Waals surface area contributed by atoms with Crippen LogP contribution in [-0.4, -0.2) is 6.54 Å². The van der Waals surface area contributed by atoms with Gasteiger partial charge in [0.1, 0.15) is 5.82 Å². The fraction of sp³-hybridized carbons (Fsp3) is 0.455. The van der Waals surface area contributed by atoms with Gasteiger partial charge in [0.05, 0.1) is 0 Å². The van der Waals surface area contributed by atoms with Gasteiger partial charge in [0, 0.05) is 6.04 Å². The Bertz CT molecular complexity index is 333. The van der Waals surface area contributed by atoms with Gasteiger partial charge in [0.15, 0.2) is 0 Å². The Kier molecular flexibility index (Phi) is 2.08. The molecule has 1 aliphatic rings. The molecule has 1 aromatic carbocycles. The van der Waals surface area contributed by atoms with E-state index in [9.17, 15) is 4.39 Å². The van der Waals surface area contributed by atoms with Crippen LogP contribution in [0.15, 0.2) is 12.1 Å². The average Bonchev–Trinajstić information content (AvgIpc) is 2.09. The third-order valence-corrected chi connectivity index (χ3v) is 2.73. The van der Waals surface area contributed by atoms with Gasteiger partial charge in [0.2, 0.25) is 0 Å². The molecule has 0 bridgehead atoms. The van der Waals surface area contributed by atoms with Crippen LogP contribution in [0.2, 0.25) is 0 Å². The lowest BCUT2D eigenvalue weighted by molar-refractivity contribution is 0.530. The Morgan fingerprint density at radius 1 is 1.46 bits per heavy atom. The molecular weight excluding hydrogens is 165 g/mol. The zero-order valence-corrected chi connectivity index (χ0v) is 8.02. The smallest absolute Gasteiger partial charge is 0.126 e. The van der Waals surface area contributed by atoms with Crippen molar-refractivity contribution in [1.29, 1.82) is 0 Å². The molecule has 0 fully saturated rings. The number of nitrogens with one attached hydrogen (secondary N) is 1. The highest BCUT2D eigenvalue weighted by molar-refractivity contribution is 5.36. The van der Waals surface area contributed by atoms with Crippen LogP contribution in [-0.2, 0) is 6.42 Å². The predicted molar refractivity (Wildman–Crippen MR) is 51.3 cm³/mol. The zero-order chi connectivity index (χ0) is 9.42. The van der Waals surface area contributed by atoms with Gasteiger partial charge in [-0.1, -0.05) is 6.07 Å². The molecule has 0 aliphatic carbocycles. The van der Waals surface area contributed by atoms with Crippen LogP contribution in [0.5, 0.6) is 0 Å². The Balaban J connectivity index is 2.52. The van der Waals surface area contributed by atoms with Crippen LogP contribution < -0.4 is 5.32 Å². The summed E-state index contributed by atoms with van der Waals surface area (Å²) in [7, 11) is 0. The molecule has 13 heavy (non-hydrogen) atoms. The molecule has 0 unspecified atom stereocenters. The van der Waals surface area contributed by atoms with E-state index in [1.54, 1.807) is 6.07 Å². The fourth-order valence-corrected chi connectivity index (χ4v) is 1.91. The van der Waals surface area contributed by atoms with E-state index in [-0.39, 0.29) is 5.82 Å². The van der Waals surface area contributed by atoms with Gasteiger partial charge in [-0.3, -0.25) is 0 Å². The first-order chi connectivity index (χ1) is 6.18. The summed E-state index contributed by atoms with van der Waals surface area (Å²) in [4.78, 5) is 0. The molecule has 0 spiro atoms. The molecule has 2 rings (SSSR count). The quantitative estimate of drug-likeness (QED) is 0.644. The Morgan fingerprint density at radius 2 is 2.23 bits per heavy atom. The van der Waals surface area contributed by atoms with Gasteiger partial charge in [-0.05, 0) is 49.6 Å². The highest BCUT2D eigenvalue weighted by Gasteiger charge is 2.16. The topological polar surface area (TPSA) is 12.0 Å². The van der Waals surface area contributed by atoms with Gasteiger partial charge in [-0.25, -0.2) is 4.39 Å². The molecule has 1 heterocycles. The molecule has 0 amide bonds. The second-order valence-corrected chi connectivity index (χ2v) is 3.73. The molecular formula is C11H14FN. The van der Waals surface area contributed by atoms with Crippen molar-refractivity contribution in [3.8, 4) is 0 Å². The van der Waals surface area contributed by atoms with Gasteiger partial charge in [-0.15, -0.1) is 0 Å². The Labute approximate surface area is 78.0 Å². The number of benzene rings is 1. The maximum atomic E-state index is 13.3. The molecule has 1 atom stereocenters. The largest absolute Gasteiger partial charge is 0.310 e. The van der Waals surface area contributed by atoms with Crippen molar-refractivity contribution in [3.63, 3.8) is 0 Å². The number of halogens is 1. The normalized spacial score (nSPS) is 21.3. The van der Waals surface area contributed by atoms with E-state index in [0.717, 1.165) is 24.1 Å². The summed E-state index contributed by atoms with van der Waals surface area (Å²) in [6.07, 6.45) is 1.01. The van der Waals surface area contributed by atoms with Crippen molar-refractivity contribution in [2.45, 2.75) is 26.3 Å². The van der Waals surface area contributed by atoms with Gasteiger partial charge < -0.3 is 5.32 Å². The monoisotopic (exact) mass is 179 g/mol. The van der Waals surface area contributed by atoms with Crippen molar-refractivity contribution in [2.75, 3.05) is 6.54 Å². The Hall–Kier alpha value is -0.890. The first-order valence-corrected chi connectivity index (χ1v) is 4.71. The standard InChI is InChI=1S/C11H14FN/c1-7-5-9-3-4-13-8(2)10(9)6-11(7)12/h5-6,8,13H,3-4H2,1-2H3/t8-/m1/s1. The lowest BCUT2D eigenvalue weighted by Gasteiger charge is -2.24. The number of hydrogen-bond donors (Lipinski definition) is 1. The summed E-state index contributed by atoms with van der Waals surface area (Å²) in [5.74, 6) is -0.0886. The first-order valence-electron chi connectivity index (χ1n) is 4.71. The Morgan fingerprint density at radius 3 is 3.00 bits per heavy atom. The van der Waals surface area contributed by atoms with Crippen molar-refractivity contribution in [2.24, 2.45) is 0 Å². The van der Waals surface area contributed by atoms with Crippen LogP contribution in [0.3, 0.4) is 0 Å². The minimum absolute atomic E-state index is 0.0886. The van der Waals surface area contributed by atoms with Crippen molar-refractivity contribution in [1.82, 2.24) is 5.32 Å². The second-order valence-electron chi connectivity index (χ2n) is 3.73. The van der Waals surface area contributed by atoms with Crippen molar-refractivity contribution >= 4 is 0 Å². The van der Waals surface area contributed by atoms with E-state index < -0.39 is 0 Å². The third kappa shape index (κ3) is 1.46. The average molecular weight is 179 g/mol. The lowest BCUT2D eigenvalue weighted by atomic mass is 9.93. The molecule has 1 aromatic rings. The molecule has 0 saturated heterocycles. The lowest BCUT2D eigenvalue weighted by Crippen LogP contribution is -2.28. The molecule has 1 N–H and O–H groups in total. The molecule has 0 radical (unpaired) electrons. The number of fused-ring (bicyclic) bond motifs is 1. The molecule has 0 saturated carbocycles. The van der Waals surface area contributed by atoms with E-state index in [0.29, 0.717) is 6.04 Å². The molecule has 1 aliphatic heterocycles. The highest BCUT2D eigenvalue weighted by atomic mass is 19.1. The minimum atomic E-state index is -0.0886. The molecule has 2 heteroatoms. The summed E-state index contributed by atoms with van der Waals surface area (Å²) >= 11 is 0. The van der Waals surface area contributed by atoms with Gasteiger partial charge >= 0.3 is 0 Å². The maximum Gasteiger partial charge on any atom is 0.126 e. The van der Waals surface area contributed by atoms with E-state index in [2.05, 4.69) is 12.2 Å². The highest BCUT2D eigenvalue weighted by Crippen LogP contribution is 2.24. The molecule has 0 aromatic heterocycles. The minimum Gasteiger partial charge on any atom is -0.310 e. The van der Waals surface area contributed by atoms with Crippen LogP contribution in [0.4, 0.5) is 4.39 Å². The van der Waals surface area contributed by atoms with Crippen LogP contribution in [0.1, 0.15) is 29.7 Å². The molecule has 70 valence electrons. The van der Waals surface area contributed by atoms with E-state index in [1.807, 2.05) is 13.0 Å². The van der Waals surface area contributed by atoms with E-state index in [4.69, 9.17) is 0 Å². The van der Waals surface area contributed by atoms with E-state index >= 15 is 0 Å². The van der Waals surface area contributed by atoms with Crippen LogP contribution in [0.25, 0.3) is 0 Å². The van der Waals surface area contributed by atoms with Crippen LogP contribution >= 0.6 is 0 Å². The third-order valence-electron chi connectivity index (χ3n) is 2.73. The molecule has 1 nitrogen and oxygen atoms in total. The number of hydrogen-bond acceptors (Lipinski definition) is 1. The summed E-state index contributed by atoms with van der Waals surface area (Å²) in [6, 6.07) is 3.93. The number of aryl methyl sites for hydroxylation is 1. The maximum absolute atomic E-state index is 13.3.